The lowest BCUT2D eigenvalue weighted by atomic mass is 9.64. The van der Waals surface area contributed by atoms with E-state index in [4.69, 9.17) is 8.92 Å². The minimum Gasteiger partial charge on any atom is -0.493 e. The Balaban J connectivity index is 1.69. The largest absolute Gasteiger partial charge is 0.493 e. The van der Waals surface area contributed by atoms with Crippen LogP contribution < -0.4 is 14.2 Å². The summed E-state index contributed by atoms with van der Waals surface area (Å²) in [5.41, 5.74) is 4.64. The van der Waals surface area contributed by atoms with Crippen molar-refractivity contribution < 1.29 is 26.9 Å². The minimum absolute atomic E-state index is 0.00875. The molecule has 222 valence electrons. The van der Waals surface area contributed by atoms with Crippen molar-refractivity contribution in [2.75, 3.05) is 7.11 Å². The molecule has 1 heterocycles. The Labute approximate surface area is 248 Å². The molecule has 0 amide bonds. The molecular formula is C34H39NO6S. The molecule has 5 rings (SSSR count). The molecule has 1 N–H and O–H groups in total. The number of methoxy groups -OCH3 is 1. The summed E-state index contributed by atoms with van der Waals surface area (Å²) >= 11 is 0. The molecule has 8 heteroatoms. The van der Waals surface area contributed by atoms with Crippen molar-refractivity contribution in [3.05, 3.63) is 88.3 Å². The number of carbonyl (C=O) groups is 2. The quantitative estimate of drug-likeness (QED) is 0.292. The van der Waals surface area contributed by atoms with Gasteiger partial charge in [-0.15, -0.1) is 6.58 Å². The molecule has 2 aromatic carbocycles. The van der Waals surface area contributed by atoms with E-state index in [1.165, 1.54) is 19.2 Å². The predicted octanol–water partition coefficient (Wildman–Crippen LogP) is 6.47. The first-order valence-corrected chi connectivity index (χ1v) is 15.7. The number of ketones is 2. The Morgan fingerprint density at radius 2 is 1.48 bits per heavy atom. The summed E-state index contributed by atoms with van der Waals surface area (Å²) in [6, 6.07) is 9.96. The van der Waals surface area contributed by atoms with Crippen LogP contribution in [0.5, 0.6) is 11.5 Å². The Morgan fingerprint density at radius 1 is 0.929 bits per heavy atom. The van der Waals surface area contributed by atoms with E-state index < -0.39 is 16.0 Å². The second kappa shape index (κ2) is 10.6. The van der Waals surface area contributed by atoms with Crippen LogP contribution in [0.2, 0.25) is 0 Å². The molecule has 3 aliphatic rings. The predicted molar refractivity (Wildman–Crippen MR) is 162 cm³/mol. The zero-order valence-electron chi connectivity index (χ0n) is 25.2. The minimum atomic E-state index is -4.17. The van der Waals surface area contributed by atoms with Crippen LogP contribution in [-0.4, -0.2) is 27.1 Å². The molecular weight excluding hydrogens is 550 g/mol. The normalized spacial score (nSPS) is 20.0. The highest BCUT2D eigenvalue weighted by atomic mass is 32.2. The third kappa shape index (κ3) is 5.56. The first-order chi connectivity index (χ1) is 19.6. The van der Waals surface area contributed by atoms with Gasteiger partial charge in [0.05, 0.1) is 7.11 Å². The Hall–Kier alpha value is -3.65. The van der Waals surface area contributed by atoms with Crippen molar-refractivity contribution in [3.8, 4) is 11.5 Å². The lowest BCUT2D eigenvalue weighted by Crippen LogP contribution is -2.42. The van der Waals surface area contributed by atoms with Crippen LogP contribution >= 0.6 is 0 Å². The lowest BCUT2D eigenvalue weighted by molar-refractivity contribution is -0.119. The highest BCUT2D eigenvalue weighted by Crippen LogP contribution is 2.52. The van der Waals surface area contributed by atoms with Crippen molar-refractivity contribution in [2.45, 2.75) is 77.5 Å². The number of hydrogen-bond acceptors (Lipinski definition) is 7. The van der Waals surface area contributed by atoms with E-state index in [0.717, 1.165) is 17.0 Å². The van der Waals surface area contributed by atoms with Crippen LogP contribution in [0.1, 0.15) is 76.0 Å². The van der Waals surface area contributed by atoms with Crippen molar-refractivity contribution >= 4 is 21.7 Å². The van der Waals surface area contributed by atoms with E-state index in [-0.39, 0.29) is 45.2 Å². The maximum Gasteiger partial charge on any atom is 0.339 e. The molecule has 7 nitrogen and oxygen atoms in total. The summed E-state index contributed by atoms with van der Waals surface area (Å²) in [5.74, 6) is -0.311. The average Bonchev–Trinajstić information content (AvgIpc) is 2.87. The topological polar surface area (TPSA) is 98.8 Å². The third-order valence-electron chi connectivity index (χ3n) is 8.29. The van der Waals surface area contributed by atoms with E-state index in [2.05, 4.69) is 39.6 Å². The summed E-state index contributed by atoms with van der Waals surface area (Å²) in [4.78, 5) is 27.5. The number of allylic oxidation sites excluding steroid dienone is 5. The molecule has 0 unspecified atom stereocenters. The molecule has 2 aromatic rings. The van der Waals surface area contributed by atoms with Crippen LogP contribution in [0.3, 0.4) is 0 Å². The monoisotopic (exact) mass is 589 g/mol. The van der Waals surface area contributed by atoms with Crippen molar-refractivity contribution in [1.29, 1.82) is 0 Å². The van der Waals surface area contributed by atoms with Gasteiger partial charge in [-0.05, 0) is 60.8 Å². The van der Waals surface area contributed by atoms with Crippen molar-refractivity contribution in [2.24, 2.45) is 10.8 Å². The molecule has 42 heavy (non-hydrogen) atoms. The number of benzene rings is 2. The Bertz CT molecular complexity index is 1610. The zero-order valence-corrected chi connectivity index (χ0v) is 26.0. The van der Waals surface area contributed by atoms with Gasteiger partial charge in [-0.1, -0.05) is 57.5 Å². The number of rotatable bonds is 7. The van der Waals surface area contributed by atoms with Gasteiger partial charge >= 0.3 is 10.1 Å². The number of dihydropyridines is 1. The zero-order chi connectivity index (χ0) is 30.6. The number of nitrogens with one attached hydrogen (secondary N) is 1. The lowest BCUT2D eigenvalue weighted by Gasteiger charge is -2.44. The van der Waals surface area contributed by atoms with Crippen molar-refractivity contribution in [1.82, 2.24) is 5.32 Å². The van der Waals surface area contributed by atoms with Crippen LogP contribution in [0.25, 0.3) is 0 Å². The van der Waals surface area contributed by atoms with Crippen LogP contribution in [0.15, 0.2) is 76.5 Å². The second-order valence-corrected chi connectivity index (χ2v) is 14.8. The first kappa shape index (κ1) is 29.8. The van der Waals surface area contributed by atoms with Gasteiger partial charge in [-0.3, -0.25) is 9.59 Å². The van der Waals surface area contributed by atoms with E-state index in [9.17, 15) is 18.0 Å². The third-order valence-corrected chi connectivity index (χ3v) is 9.53. The smallest absolute Gasteiger partial charge is 0.339 e. The van der Waals surface area contributed by atoms with Gasteiger partial charge in [0.1, 0.15) is 4.90 Å². The summed E-state index contributed by atoms with van der Waals surface area (Å²) in [6.45, 7) is 14.1. The molecule has 0 aromatic heterocycles. The van der Waals surface area contributed by atoms with E-state index in [0.29, 0.717) is 48.0 Å². The first-order valence-electron chi connectivity index (χ1n) is 14.3. The van der Waals surface area contributed by atoms with Gasteiger partial charge in [0.2, 0.25) is 0 Å². The van der Waals surface area contributed by atoms with Crippen LogP contribution in [0.4, 0.5) is 0 Å². The fourth-order valence-electron chi connectivity index (χ4n) is 6.49. The highest BCUT2D eigenvalue weighted by molar-refractivity contribution is 7.87. The number of ether oxygens (including phenoxy) is 1. The van der Waals surface area contributed by atoms with Gasteiger partial charge in [0.15, 0.2) is 23.1 Å². The fourth-order valence-corrected chi connectivity index (χ4v) is 7.46. The number of aryl methyl sites for hydroxylation is 1. The van der Waals surface area contributed by atoms with Crippen LogP contribution in [0, 0.1) is 17.8 Å². The Kier molecular flexibility index (Phi) is 7.50. The van der Waals surface area contributed by atoms with Gasteiger partial charge in [-0.25, -0.2) is 0 Å². The maximum atomic E-state index is 13.8. The van der Waals surface area contributed by atoms with Crippen LogP contribution in [-0.2, 0) is 26.1 Å². The molecule has 0 bridgehead atoms. The molecule has 2 aliphatic carbocycles. The second-order valence-electron chi connectivity index (χ2n) is 13.3. The molecule has 0 saturated carbocycles. The summed E-state index contributed by atoms with van der Waals surface area (Å²) in [7, 11) is -2.73. The summed E-state index contributed by atoms with van der Waals surface area (Å²) < 4.78 is 38.0. The van der Waals surface area contributed by atoms with Crippen molar-refractivity contribution in [3.63, 3.8) is 0 Å². The van der Waals surface area contributed by atoms with Gasteiger partial charge in [0.25, 0.3) is 0 Å². The summed E-state index contributed by atoms with van der Waals surface area (Å²) in [6.07, 6.45) is 4.06. The molecule has 0 radical (unpaired) electrons. The summed E-state index contributed by atoms with van der Waals surface area (Å²) in [5, 5.41) is 3.53. The van der Waals surface area contributed by atoms with Gasteiger partial charge in [0, 0.05) is 46.9 Å². The molecule has 0 fully saturated rings. The molecule has 1 aliphatic heterocycles. The number of carbonyl (C=O) groups excluding carboxylic acids is 2. The number of hydrogen-bond donors (Lipinski definition) is 1. The van der Waals surface area contributed by atoms with Gasteiger partial charge < -0.3 is 14.2 Å². The molecule has 0 spiro atoms. The average molecular weight is 590 g/mol. The number of Topliss-reactive ketones (excluding diaryl/α,β-unsaturated/α-hetero) is 2. The Morgan fingerprint density at radius 3 is 1.98 bits per heavy atom. The highest BCUT2D eigenvalue weighted by Gasteiger charge is 2.46. The maximum absolute atomic E-state index is 13.8. The molecule has 0 atom stereocenters. The molecule has 0 saturated heterocycles. The SMILES string of the molecule is C=CCc1cc(C2C3=C(CC(C)(C)CC3=O)NC3=C2C(=O)CC(C)(C)C3)cc(OC)c1OS(=O)(=O)c1ccc(C)cc1. The van der Waals surface area contributed by atoms with E-state index >= 15 is 0 Å². The van der Waals surface area contributed by atoms with E-state index in [1.807, 2.05) is 13.0 Å². The van der Waals surface area contributed by atoms with E-state index in [1.54, 1.807) is 24.3 Å². The van der Waals surface area contributed by atoms with Gasteiger partial charge in [-0.2, -0.15) is 8.42 Å². The fraction of sp³-hybridized carbons (Fsp3) is 0.412. The standard InChI is InChI=1S/C34H39NO6S/c1-8-9-21-14-22(15-28(40-7)32(21)41-42(38,39)23-12-10-20(2)11-13-23)29-30-24(16-33(3,4)18-26(30)36)35-25-17-34(5,6)19-27(37)31(25)29/h8,10-15,29,35H,1,9,16-19H2,2-7H3.